The number of hydrogen-bond donors (Lipinski definition) is 1. The van der Waals surface area contributed by atoms with Crippen molar-refractivity contribution in [2.24, 2.45) is 4.99 Å². The van der Waals surface area contributed by atoms with Crippen molar-refractivity contribution in [1.82, 2.24) is 0 Å². The van der Waals surface area contributed by atoms with E-state index in [4.69, 9.17) is 10.2 Å². The van der Waals surface area contributed by atoms with Crippen LogP contribution in [0.3, 0.4) is 0 Å². The molecule has 6 nitrogen and oxygen atoms in total. The van der Waals surface area contributed by atoms with Crippen molar-refractivity contribution in [3.05, 3.63) is 76.5 Å². The predicted molar refractivity (Wildman–Crippen MR) is 88.9 cm³/mol. The summed E-state index contributed by atoms with van der Waals surface area (Å²) in [6, 6.07) is 17.0. The zero-order chi connectivity index (χ0) is 16.2. The fraction of sp³-hybridized carbons (Fsp3) is 0. The molecule has 3 rings (SSSR count). The van der Waals surface area contributed by atoms with Gasteiger partial charge in [-0.3, -0.25) is 15.1 Å². The van der Waals surface area contributed by atoms with Gasteiger partial charge in [0.2, 0.25) is 0 Å². The highest BCUT2D eigenvalue weighted by Gasteiger charge is 2.08. The number of furan rings is 1. The minimum atomic E-state index is -0.436. The van der Waals surface area contributed by atoms with Crippen LogP contribution in [0.15, 0.2) is 70.1 Å². The van der Waals surface area contributed by atoms with E-state index in [1.165, 1.54) is 12.1 Å². The number of benzene rings is 2. The van der Waals surface area contributed by atoms with Gasteiger partial charge in [-0.15, -0.1) is 0 Å². The number of nitrogen functional groups attached to an aromatic ring is 1. The van der Waals surface area contributed by atoms with E-state index in [1.54, 1.807) is 36.5 Å². The number of rotatable bonds is 4. The first-order valence-electron chi connectivity index (χ1n) is 6.87. The number of para-hydroxylation sites is 2. The van der Waals surface area contributed by atoms with Crippen LogP contribution in [0.1, 0.15) is 5.76 Å². The molecule has 114 valence electrons. The van der Waals surface area contributed by atoms with Crippen molar-refractivity contribution >= 4 is 23.3 Å². The zero-order valence-electron chi connectivity index (χ0n) is 12.0. The SMILES string of the molecule is Nc1ccccc1N=Cc1ccc(-c2ccc([N+](=O)[O-])cc2)o1. The van der Waals surface area contributed by atoms with Crippen LogP contribution >= 0.6 is 0 Å². The first-order valence-corrected chi connectivity index (χ1v) is 6.87. The number of non-ortho nitro benzene ring substituents is 1. The Kier molecular flexibility index (Phi) is 3.88. The van der Waals surface area contributed by atoms with E-state index in [0.717, 1.165) is 5.56 Å². The van der Waals surface area contributed by atoms with E-state index < -0.39 is 4.92 Å². The van der Waals surface area contributed by atoms with Gasteiger partial charge in [0.15, 0.2) is 0 Å². The number of nitrogens with zero attached hydrogens (tertiary/aromatic N) is 2. The van der Waals surface area contributed by atoms with Crippen LogP contribution in [0.4, 0.5) is 17.1 Å². The average molecular weight is 307 g/mol. The molecule has 1 aromatic heterocycles. The predicted octanol–water partition coefficient (Wildman–Crippen LogP) is 4.19. The second kappa shape index (κ2) is 6.15. The summed E-state index contributed by atoms with van der Waals surface area (Å²) in [6.45, 7) is 0. The maximum atomic E-state index is 10.7. The van der Waals surface area contributed by atoms with Crippen LogP contribution in [0.2, 0.25) is 0 Å². The Hall–Kier alpha value is -3.41. The average Bonchev–Trinajstić information content (AvgIpc) is 3.03. The molecular weight excluding hydrogens is 294 g/mol. The molecule has 0 saturated carbocycles. The summed E-state index contributed by atoms with van der Waals surface area (Å²) in [5, 5.41) is 10.7. The summed E-state index contributed by atoms with van der Waals surface area (Å²) in [5.41, 5.74) is 7.88. The summed E-state index contributed by atoms with van der Waals surface area (Å²) in [6.07, 6.45) is 1.58. The van der Waals surface area contributed by atoms with Gasteiger partial charge in [0.1, 0.15) is 11.5 Å². The molecule has 0 aliphatic carbocycles. The van der Waals surface area contributed by atoms with Gasteiger partial charge < -0.3 is 10.2 Å². The topological polar surface area (TPSA) is 94.7 Å². The molecule has 1 heterocycles. The Labute approximate surface area is 132 Å². The second-order valence-electron chi connectivity index (χ2n) is 4.82. The summed E-state index contributed by atoms with van der Waals surface area (Å²) < 4.78 is 5.67. The molecule has 0 spiro atoms. The highest BCUT2D eigenvalue weighted by Crippen LogP contribution is 2.25. The molecule has 0 saturated heterocycles. The number of aliphatic imine (C=N–C) groups is 1. The molecular formula is C17H13N3O3. The lowest BCUT2D eigenvalue weighted by Crippen LogP contribution is -1.86. The molecule has 0 amide bonds. The Balaban J connectivity index is 1.80. The lowest BCUT2D eigenvalue weighted by molar-refractivity contribution is -0.384. The Morgan fingerprint density at radius 1 is 1.04 bits per heavy atom. The van der Waals surface area contributed by atoms with Crippen LogP contribution < -0.4 is 5.73 Å². The molecule has 0 atom stereocenters. The molecule has 23 heavy (non-hydrogen) atoms. The molecule has 2 N–H and O–H groups in total. The van der Waals surface area contributed by atoms with Crippen LogP contribution in [-0.2, 0) is 0 Å². The lowest BCUT2D eigenvalue weighted by Gasteiger charge is -1.97. The molecule has 0 unspecified atom stereocenters. The molecule has 0 aliphatic heterocycles. The maximum absolute atomic E-state index is 10.7. The van der Waals surface area contributed by atoms with Crippen LogP contribution in [0, 0.1) is 10.1 Å². The van der Waals surface area contributed by atoms with Crippen molar-refractivity contribution < 1.29 is 9.34 Å². The van der Waals surface area contributed by atoms with Crippen LogP contribution in [0.25, 0.3) is 11.3 Å². The summed E-state index contributed by atoms with van der Waals surface area (Å²) in [5.74, 6) is 1.18. The summed E-state index contributed by atoms with van der Waals surface area (Å²) in [4.78, 5) is 14.5. The van der Waals surface area contributed by atoms with Gasteiger partial charge in [-0.05, 0) is 36.4 Å². The number of anilines is 1. The highest BCUT2D eigenvalue weighted by atomic mass is 16.6. The monoisotopic (exact) mass is 307 g/mol. The van der Waals surface area contributed by atoms with Gasteiger partial charge in [0.25, 0.3) is 5.69 Å². The van der Waals surface area contributed by atoms with E-state index in [9.17, 15) is 10.1 Å². The van der Waals surface area contributed by atoms with Crippen molar-refractivity contribution in [3.8, 4) is 11.3 Å². The summed E-state index contributed by atoms with van der Waals surface area (Å²) >= 11 is 0. The fourth-order valence-corrected chi connectivity index (χ4v) is 2.06. The van der Waals surface area contributed by atoms with Gasteiger partial charge in [0.05, 0.1) is 22.5 Å². The first-order chi connectivity index (χ1) is 11.1. The standard InChI is InChI=1S/C17H13N3O3/c18-15-3-1-2-4-16(15)19-11-14-9-10-17(23-14)12-5-7-13(8-6-12)20(21)22/h1-11H,18H2. The van der Waals surface area contributed by atoms with Crippen molar-refractivity contribution in [2.45, 2.75) is 0 Å². The van der Waals surface area contributed by atoms with Gasteiger partial charge in [-0.1, -0.05) is 12.1 Å². The normalized spacial score (nSPS) is 11.0. The molecule has 0 radical (unpaired) electrons. The molecule has 0 bridgehead atoms. The van der Waals surface area contributed by atoms with Crippen molar-refractivity contribution in [2.75, 3.05) is 5.73 Å². The molecule has 0 fully saturated rings. The highest BCUT2D eigenvalue weighted by molar-refractivity contribution is 5.82. The minimum absolute atomic E-state index is 0.0432. The lowest BCUT2D eigenvalue weighted by atomic mass is 10.1. The largest absolute Gasteiger partial charge is 0.455 e. The smallest absolute Gasteiger partial charge is 0.269 e. The van der Waals surface area contributed by atoms with Crippen LogP contribution in [0.5, 0.6) is 0 Å². The summed E-state index contributed by atoms with van der Waals surface area (Å²) in [7, 11) is 0. The molecule has 2 aromatic carbocycles. The number of nitrogens with two attached hydrogens (primary N) is 1. The van der Waals surface area contributed by atoms with E-state index in [1.807, 2.05) is 18.2 Å². The zero-order valence-corrected chi connectivity index (χ0v) is 12.0. The third-order valence-electron chi connectivity index (χ3n) is 3.26. The van der Waals surface area contributed by atoms with Gasteiger partial charge in [-0.2, -0.15) is 0 Å². The quantitative estimate of drug-likeness (QED) is 0.338. The van der Waals surface area contributed by atoms with Crippen molar-refractivity contribution in [1.29, 1.82) is 0 Å². The van der Waals surface area contributed by atoms with E-state index in [0.29, 0.717) is 22.9 Å². The maximum Gasteiger partial charge on any atom is 0.269 e. The minimum Gasteiger partial charge on any atom is -0.455 e. The first kappa shape index (κ1) is 14.5. The Bertz CT molecular complexity index is 867. The Morgan fingerprint density at radius 2 is 1.78 bits per heavy atom. The number of nitro benzene ring substituents is 1. The third kappa shape index (κ3) is 3.26. The van der Waals surface area contributed by atoms with Crippen LogP contribution in [-0.4, -0.2) is 11.1 Å². The van der Waals surface area contributed by atoms with Gasteiger partial charge >= 0.3 is 0 Å². The van der Waals surface area contributed by atoms with E-state index >= 15 is 0 Å². The number of hydrogen-bond acceptors (Lipinski definition) is 5. The number of nitro groups is 1. The van der Waals surface area contributed by atoms with Gasteiger partial charge in [-0.25, -0.2) is 0 Å². The van der Waals surface area contributed by atoms with E-state index in [-0.39, 0.29) is 5.69 Å². The van der Waals surface area contributed by atoms with Crippen molar-refractivity contribution in [3.63, 3.8) is 0 Å². The molecule has 0 aliphatic rings. The van der Waals surface area contributed by atoms with Gasteiger partial charge in [0, 0.05) is 17.7 Å². The Morgan fingerprint density at radius 3 is 2.48 bits per heavy atom. The second-order valence-corrected chi connectivity index (χ2v) is 4.82. The molecule has 6 heteroatoms. The molecule has 3 aromatic rings. The fourth-order valence-electron chi connectivity index (χ4n) is 2.06. The van der Waals surface area contributed by atoms with E-state index in [2.05, 4.69) is 4.99 Å². The third-order valence-corrected chi connectivity index (χ3v) is 3.26.